The minimum Gasteiger partial charge on any atom is -0.331 e. The third-order valence-electron chi connectivity index (χ3n) is 3.70. The molecule has 1 aliphatic heterocycles. The second-order valence-corrected chi connectivity index (χ2v) is 6.13. The fourth-order valence-electron chi connectivity index (χ4n) is 2.67. The van der Waals surface area contributed by atoms with Crippen molar-refractivity contribution in [3.63, 3.8) is 0 Å². The summed E-state index contributed by atoms with van der Waals surface area (Å²) in [5.74, 6) is -0.308. The lowest BCUT2D eigenvalue weighted by Crippen LogP contribution is -2.49. The van der Waals surface area contributed by atoms with Gasteiger partial charge in [-0.25, -0.2) is 4.39 Å². The average Bonchev–Trinajstić information content (AvgIpc) is 2.92. The largest absolute Gasteiger partial charge is 0.331 e. The summed E-state index contributed by atoms with van der Waals surface area (Å²) in [5, 5.41) is 7.37. The van der Waals surface area contributed by atoms with Gasteiger partial charge in [-0.2, -0.15) is 5.10 Å². The van der Waals surface area contributed by atoms with E-state index in [1.807, 2.05) is 6.07 Å². The van der Waals surface area contributed by atoms with Gasteiger partial charge in [0.2, 0.25) is 5.91 Å². The van der Waals surface area contributed by atoms with Crippen LogP contribution in [0.15, 0.2) is 41.1 Å². The molecule has 0 saturated carbocycles. The first-order valence-corrected chi connectivity index (χ1v) is 7.86. The zero-order valence-electron chi connectivity index (χ0n) is 11.9. The van der Waals surface area contributed by atoms with E-state index in [4.69, 9.17) is 0 Å². The van der Waals surface area contributed by atoms with Crippen LogP contribution in [-0.2, 0) is 11.3 Å². The molecule has 1 aromatic carbocycles. The molecule has 1 N–H and O–H groups in total. The Hall–Kier alpha value is -1.73. The topological polar surface area (TPSA) is 50.2 Å². The molecule has 22 heavy (non-hydrogen) atoms. The number of hydrogen-bond acceptors (Lipinski definition) is 3. The summed E-state index contributed by atoms with van der Waals surface area (Å²) in [5.41, 5.74) is 0.808. The summed E-state index contributed by atoms with van der Waals surface area (Å²) in [4.78, 5) is 14.4. The molecule has 1 fully saturated rings. The number of halogens is 2. The number of amides is 1. The number of carbonyl (C=O) groups excluding carboxylic acids is 1. The fourth-order valence-corrected chi connectivity index (χ4v) is 3.00. The van der Waals surface area contributed by atoms with Crippen LogP contribution in [0.5, 0.6) is 0 Å². The van der Waals surface area contributed by atoms with Gasteiger partial charge in [-0.05, 0) is 33.6 Å². The van der Waals surface area contributed by atoms with Crippen LogP contribution in [-0.4, -0.2) is 40.2 Å². The first-order chi connectivity index (χ1) is 10.6. The number of piperazine rings is 1. The highest BCUT2D eigenvalue weighted by atomic mass is 79.9. The van der Waals surface area contributed by atoms with Crippen molar-refractivity contribution in [2.24, 2.45) is 0 Å². The van der Waals surface area contributed by atoms with Crippen LogP contribution < -0.4 is 5.32 Å². The van der Waals surface area contributed by atoms with Crippen LogP contribution >= 0.6 is 15.9 Å². The lowest BCUT2D eigenvalue weighted by molar-refractivity contribution is -0.135. The monoisotopic (exact) mass is 366 g/mol. The molecule has 1 atom stereocenters. The molecule has 1 unspecified atom stereocenters. The van der Waals surface area contributed by atoms with E-state index in [0.717, 1.165) is 16.6 Å². The van der Waals surface area contributed by atoms with E-state index >= 15 is 0 Å². The quantitative estimate of drug-likeness (QED) is 0.903. The summed E-state index contributed by atoms with van der Waals surface area (Å²) in [6.07, 6.45) is 3.41. The van der Waals surface area contributed by atoms with Crippen LogP contribution in [0.4, 0.5) is 4.39 Å². The van der Waals surface area contributed by atoms with E-state index in [-0.39, 0.29) is 24.3 Å². The Kier molecular flexibility index (Phi) is 4.54. The third-order valence-corrected chi connectivity index (χ3v) is 4.11. The molecule has 0 radical (unpaired) electrons. The first-order valence-electron chi connectivity index (χ1n) is 7.07. The van der Waals surface area contributed by atoms with Crippen molar-refractivity contribution in [1.29, 1.82) is 0 Å². The molecule has 0 bridgehead atoms. The van der Waals surface area contributed by atoms with Gasteiger partial charge in [-0.1, -0.05) is 12.1 Å². The maximum Gasteiger partial charge on any atom is 0.244 e. The maximum absolute atomic E-state index is 13.5. The number of aromatic nitrogens is 2. The van der Waals surface area contributed by atoms with E-state index in [1.165, 1.54) is 12.1 Å². The number of benzene rings is 1. The molecule has 5 nitrogen and oxygen atoms in total. The highest BCUT2D eigenvalue weighted by Crippen LogP contribution is 2.23. The number of carbonyl (C=O) groups is 1. The predicted octanol–water partition coefficient (Wildman–Crippen LogP) is 1.96. The Balaban J connectivity index is 1.78. The van der Waals surface area contributed by atoms with Crippen molar-refractivity contribution in [2.45, 2.75) is 12.6 Å². The highest BCUT2D eigenvalue weighted by Gasteiger charge is 2.28. The Morgan fingerprint density at radius 3 is 3.09 bits per heavy atom. The number of nitrogens with zero attached hydrogens (tertiary/aromatic N) is 3. The molecule has 3 rings (SSSR count). The van der Waals surface area contributed by atoms with Crippen LogP contribution in [0.3, 0.4) is 0 Å². The molecule has 2 aromatic rings. The molecule has 0 aliphatic carbocycles. The Labute approximate surface area is 136 Å². The van der Waals surface area contributed by atoms with Crippen molar-refractivity contribution in [1.82, 2.24) is 20.0 Å². The first kappa shape index (κ1) is 15.2. The second-order valence-electron chi connectivity index (χ2n) is 5.22. The summed E-state index contributed by atoms with van der Waals surface area (Å²) in [6.45, 7) is 2.14. The Morgan fingerprint density at radius 1 is 1.50 bits per heavy atom. The van der Waals surface area contributed by atoms with Crippen molar-refractivity contribution in [2.75, 3.05) is 19.6 Å². The zero-order chi connectivity index (χ0) is 15.5. The van der Waals surface area contributed by atoms with Gasteiger partial charge in [-0.3, -0.25) is 9.48 Å². The summed E-state index contributed by atoms with van der Waals surface area (Å²) < 4.78 is 15.9. The zero-order valence-corrected chi connectivity index (χ0v) is 13.5. The van der Waals surface area contributed by atoms with Crippen molar-refractivity contribution in [3.8, 4) is 0 Å². The number of rotatable bonds is 3. The van der Waals surface area contributed by atoms with Gasteiger partial charge in [0, 0.05) is 25.8 Å². The van der Waals surface area contributed by atoms with Crippen LogP contribution in [0, 0.1) is 5.82 Å². The molecule has 1 amide bonds. The smallest absolute Gasteiger partial charge is 0.244 e. The van der Waals surface area contributed by atoms with E-state index in [0.29, 0.717) is 13.1 Å². The van der Waals surface area contributed by atoms with E-state index in [1.54, 1.807) is 28.0 Å². The molecule has 1 aromatic heterocycles. The predicted molar refractivity (Wildman–Crippen MR) is 83.7 cm³/mol. The van der Waals surface area contributed by atoms with Crippen molar-refractivity contribution < 1.29 is 9.18 Å². The minimum absolute atomic E-state index is 0.0219. The summed E-state index contributed by atoms with van der Waals surface area (Å²) in [6, 6.07) is 6.27. The van der Waals surface area contributed by atoms with E-state index in [9.17, 15) is 9.18 Å². The lowest BCUT2D eigenvalue weighted by atomic mass is 10.0. The van der Waals surface area contributed by atoms with Crippen LogP contribution in [0.25, 0.3) is 0 Å². The average molecular weight is 367 g/mol. The maximum atomic E-state index is 13.5. The Bertz CT molecular complexity index is 675. The molecule has 2 heterocycles. The number of hydrogen-bond donors (Lipinski definition) is 1. The fraction of sp³-hybridized carbons (Fsp3) is 0.333. The molecule has 116 valence electrons. The summed E-state index contributed by atoms with van der Waals surface area (Å²) >= 11 is 3.31. The number of nitrogens with one attached hydrogen (secondary N) is 1. The minimum atomic E-state index is -0.286. The normalized spacial score (nSPS) is 18.5. The van der Waals surface area contributed by atoms with Crippen molar-refractivity contribution in [3.05, 3.63) is 52.5 Å². The van der Waals surface area contributed by atoms with Crippen LogP contribution in [0.1, 0.15) is 11.6 Å². The second kappa shape index (κ2) is 6.58. The van der Waals surface area contributed by atoms with Gasteiger partial charge >= 0.3 is 0 Å². The van der Waals surface area contributed by atoms with Gasteiger partial charge in [-0.15, -0.1) is 0 Å². The van der Waals surface area contributed by atoms with Gasteiger partial charge < -0.3 is 10.2 Å². The van der Waals surface area contributed by atoms with E-state index < -0.39 is 0 Å². The van der Waals surface area contributed by atoms with Gasteiger partial charge in [0.1, 0.15) is 12.4 Å². The van der Waals surface area contributed by atoms with Crippen LogP contribution in [0.2, 0.25) is 0 Å². The highest BCUT2D eigenvalue weighted by molar-refractivity contribution is 9.10. The molecular formula is C15H16BrFN4O. The SMILES string of the molecule is O=C(Cn1cc(Br)cn1)N1CCNCC1c1cccc(F)c1. The van der Waals surface area contributed by atoms with E-state index in [2.05, 4.69) is 26.3 Å². The third kappa shape index (κ3) is 3.36. The van der Waals surface area contributed by atoms with Gasteiger partial charge in [0.05, 0.1) is 16.7 Å². The molecular weight excluding hydrogens is 351 g/mol. The van der Waals surface area contributed by atoms with Gasteiger partial charge in [0.25, 0.3) is 0 Å². The molecule has 0 spiro atoms. The lowest BCUT2D eigenvalue weighted by Gasteiger charge is -2.36. The van der Waals surface area contributed by atoms with Crippen molar-refractivity contribution >= 4 is 21.8 Å². The van der Waals surface area contributed by atoms with Gasteiger partial charge in [0.15, 0.2) is 0 Å². The molecule has 1 saturated heterocycles. The summed E-state index contributed by atoms with van der Waals surface area (Å²) in [7, 11) is 0. The standard InChI is InChI=1S/C15H16BrFN4O/c16-12-7-19-20(9-12)10-15(22)21-5-4-18-8-14(21)11-2-1-3-13(17)6-11/h1-3,6-7,9,14,18H,4-5,8,10H2. The molecule has 1 aliphatic rings. The Morgan fingerprint density at radius 2 is 2.36 bits per heavy atom. The molecule has 7 heteroatoms.